The number of carbonyl (C=O) groups excluding carboxylic acids is 5. The van der Waals surface area contributed by atoms with Gasteiger partial charge in [0, 0.05) is 37.7 Å². The molecule has 3 aromatic carbocycles. The molecule has 0 saturated carbocycles. The number of benzene rings is 3. The van der Waals surface area contributed by atoms with Crippen LogP contribution < -0.4 is 15.4 Å². The van der Waals surface area contributed by atoms with Crippen LogP contribution in [0.3, 0.4) is 0 Å². The highest BCUT2D eigenvalue weighted by atomic mass is 16.5. The van der Waals surface area contributed by atoms with E-state index < -0.39 is 11.9 Å². The number of ether oxygens (including phenoxy) is 1. The van der Waals surface area contributed by atoms with Crippen molar-refractivity contribution in [2.75, 3.05) is 11.9 Å². The van der Waals surface area contributed by atoms with Gasteiger partial charge in [-0.25, -0.2) is 0 Å². The molecule has 4 rings (SSSR count). The maximum atomic E-state index is 12.7. The van der Waals surface area contributed by atoms with E-state index in [2.05, 4.69) is 10.6 Å². The lowest BCUT2D eigenvalue weighted by molar-refractivity contribution is -0.131. The Kier molecular flexibility index (Phi) is 7.73. The molecule has 0 radical (unpaired) electrons. The number of esters is 1. The molecule has 0 aliphatic carbocycles. The van der Waals surface area contributed by atoms with Crippen LogP contribution in [-0.4, -0.2) is 41.0 Å². The summed E-state index contributed by atoms with van der Waals surface area (Å²) in [5.74, 6) is -1.54. The summed E-state index contributed by atoms with van der Waals surface area (Å²) < 4.78 is 5.03. The van der Waals surface area contributed by atoms with Crippen molar-refractivity contribution >= 4 is 35.3 Å². The van der Waals surface area contributed by atoms with E-state index in [1.807, 2.05) is 0 Å². The van der Waals surface area contributed by atoms with E-state index >= 15 is 0 Å². The summed E-state index contributed by atoms with van der Waals surface area (Å²) >= 11 is 0. The van der Waals surface area contributed by atoms with Crippen LogP contribution in [0.25, 0.3) is 0 Å². The highest BCUT2D eigenvalue weighted by molar-refractivity contribution is 6.21. The van der Waals surface area contributed by atoms with E-state index in [0.717, 1.165) is 0 Å². The molecular formula is C28H25N3O6. The molecule has 2 N–H and O–H groups in total. The zero-order valence-corrected chi connectivity index (χ0v) is 20.2. The summed E-state index contributed by atoms with van der Waals surface area (Å²) in [4.78, 5) is 62.4. The van der Waals surface area contributed by atoms with Crippen LogP contribution in [0.15, 0.2) is 72.8 Å². The zero-order chi connectivity index (χ0) is 26.4. The average Bonchev–Trinajstić information content (AvgIpc) is 3.13. The van der Waals surface area contributed by atoms with Gasteiger partial charge >= 0.3 is 5.97 Å². The van der Waals surface area contributed by atoms with Gasteiger partial charge in [0.1, 0.15) is 5.75 Å². The minimum atomic E-state index is -0.484. The molecule has 0 fully saturated rings. The monoisotopic (exact) mass is 499 g/mol. The first-order valence-electron chi connectivity index (χ1n) is 11.7. The second kappa shape index (κ2) is 11.3. The van der Waals surface area contributed by atoms with Gasteiger partial charge in [0.15, 0.2) is 0 Å². The smallest absolute Gasteiger partial charge is 0.308 e. The summed E-state index contributed by atoms with van der Waals surface area (Å²) in [6, 6.07) is 20.0. The number of hydrogen-bond donors (Lipinski definition) is 2. The first-order chi connectivity index (χ1) is 17.8. The van der Waals surface area contributed by atoms with Crippen LogP contribution >= 0.6 is 0 Å². The minimum Gasteiger partial charge on any atom is -0.427 e. The lowest BCUT2D eigenvalue weighted by Gasteiger charge is -2.14. The van der Waals surface area contributed by atoms with Crippen LogP contribution in [0.4, 0.5) is 5.69 Å². The molecule has 0 saturated heterocycles. The van der Waals surface area contributed by atoms with Crippen LogP contribution in [0.5, 0.6) is 5.75 Å². The topological polar surface area (TPSA) is 122 Å². The van der Waals surface area contributed by atoms with Gasteiger partial charge in [0.2, 0.25) is 5.91 Å². The summed E-state index contributed by atoms with van der Waals surface area (Å²) in [6.45, 7) is 1.61. The number of amides is 4. The molecule has 0 aromatic heterocycles. The Labute approximate surface area is 213 Å². The van der Waals surface area contributed by atoms with Crippen molar-refractivity contribution in [3.05, 3.63) is 95.1 Å². The van der Waals surface area contributed by atoms with Gasteiger partial charge in [0.25, 0.3) is 17.7 Å². The van der Waals surface area contributed by atoms with E-state index in [4.69, 9.17) is 4.74 Å². The average molecular weight is 500 g/mol. The molecule has 1 aliphatic rings. The lowest BCUT2D eigenvalue weighted by atomic mass is 10.1. The molecule has 188 valence electrons. The molecular weight excluding hydrogens is 474 g/mol. The van der Waals surface area contributed by atoms with Crippen molar-refractivity contribution in [2.24, 2.45) is 0 Å². The summed E-state index contributed by atoms with van der Waals surface area (Å²) in [6.07, 6.45) is 0.458. The molecule has 1 aliphatic heterocycles. The van der Waals surface area contributed by atoms with Crippen molar-refractivity contribution in [3.8, 4) is 5.75 Å². The third-order valence-electron chi connectivity index (χ3n) is 5.76. The van der Waals surface area contributed by atoms with Gasteiger partial charge in [-0.2, -0.15) is 0 Å². The van der Waals surface area contributed by atoms with Crippen molar-refractivity contribution in [2.45, 2.75) is 26.3 Å². The van der Waals surface area contributed by atoms with Crippen molar-refractivity contribution < 1.29 is 28.7 Å². The molecule has 37 heavy (non-hydrogen) atoms. The van der Waals surface area contributed by atoms with Crippen molar-refractivity contribution in [1.29, 1.82) is 0 Å². The Morgan fingerprint density at radius 1 is 0.865 bits per heavy atom. The van der Waals surface area contributed by atoms with Crippen LogP contribution in [0, 0.1) is 0 Å². The Bertz CT molecular complexity index is 1350. The first-order valence-corrected chi connectivity index (χ1v) is 11.7. The number of hydrogen-bond acceptors (Lipinski definition) is 6. The molecule has 0 spiro atoms. The van der Waals surface area contributed by atoms with E-state index in [-0.39, 0.29) is 43.0 Å². The number of carbonyl (C=O) groups is 5. The SMILES string of the molecule is CC(=O)Oc1cccc(C(=O)Nc2ccccc2CNC(=O)CCCN2C(=O)c3ccccc3C2=O)c1. The number of nitrogens with zero attached hydrogens (tertiary/aromatic N) is 1. The highest BCUT2D eigenvalue weighted by Gasteiger charge is 2.34. The minimum absolute atomic E-state index is 0.130. The normalized spacial score (nSPS) is 12.2. The Morgan fingerprint density at radius 2 is 1.54 bits per heavy atom. The molecule has 1 heterocycles. The molecule has 0 bridgehead atoms. The number of rotatable bonds is 9. The molecule has 0 atom stereocenters. The number of imide groups is 1. The summed E-state index contributed by atoms with van der Waals surface area (Å²) in [7, 11) is 0. The van der Waals surface area contributed by atoms with Gasteiger partial charge in [0.05, 0.1) is 11.1 Å². The van der Waals surface area contributed by atoms with Gasteiger partial charge in [-0.05, 0) is 48.4 Å². The van der Waals surface area contributed by atoms with Crippen LogP contribution in [-0.2, 0) is 16.1 Å². The molecule has 0 unspecified atom stereocenters. The highest BCUT2D eigenvalue weighted by Crippen LogP contribution is 2.23. The van der Waals surface area contributed by atoms with Crippen LogP contribution in [0.1, 0.15) is 56.4 Å². The van der Waals surface area contributed by atoms with Gasteiger partial charge in [-0.3, -0.25) is 28.9 Å². The number of anilines is 1. The third-order valence-corrected chi connectivity index (χ3v) is 5.76. The predicted molar refractivity (Wildman–Crippen MR) is 135 cm³/mol. The van der Waals surface area contributed by atoms with E-state index in [0.29, 0.717) is 34.4 Å². The Hall–Kier alpha value is -4.79. The Balaban J connectivity index is 1.29. The van der Waals surface area contributed by atoms with E-state index in [1.54, 1.807) is 66.7 Å². The van der Waals surface area contributed by atoms with Gasteiger partial charge < -0.3 is 15.4 Å². The first kappa shape index (κ1) is 25.3. The third kappa shape index (κ3) is 6.07. The molecule has 4 amide bonds. The Morgan fingerprint density at radius 3 is 2.24 bits per heavy atom. The van der Waals surface area contributed by atoms with Crippen molar-refractivity contribution in [3.63, 3.8) is 0 Å². The fourth-order valence-corrected chi connectivity index (χ4v) is 3.98. The quantitative estimate of drug-likeness (QED) is 0.264. The van der Waals surface area contributed by atoms with Gasteiger partial charge in [-0.15, -0.1) is 0 Å². The number of nitrogens with one attached hydrogen (secondary N) is 2. The standard InChI is InChI=1S/C28H25N3O6/c1-18(32)37-21-10-6-9-19(16-21)26(34)30-24-13-5-2-8-20(24)17-29-25(33)14-7-15-31-27(35)22-11-3-4-12-23(22)28(31)36/h2-6,8-13,16H,7,14-15,17H2,1H3,(H,29,33)(H,30,34). The molecule has 3 aromatic rings. The van der Waals surface area contributed by atoms with Gasteiger partial charge in [-0.1, -0.05) is 36.4 Å². The van der Waals surface area contributed by atoms with Crippen LogP contribution in [0.2, 0.25) is 0 Å². The predicted octanol–water partition coefficient (Wildman–Crippen LogP) is 3.56. The van der Waals surface area contributed by atoms with Crippen molar-refractivity contribution in [1.82, 2.24) is 10.2 Å². The molecule has 9 heteroatoms. The largest absolute Gasteiger partial charge is 0.427 e. The summed E-state index contributed by atoms with van der Waals surface area (Å²) in [5, 5.41) is 5.63. The maximum Gasteiger partial charge on any atom is 0.308 e. The fourth-order valence-electron chi connectivity index (χ4n) is 3.98. The zero-order valence-electron chi connectivity index (χ0n) is 20.2. The number of fused-ring (bicyclic) bond motifs is 1. The van der Waals surface area contributed by atoms with E-state index in [9.17, 15) is 24.0 Å². The van der Waals surface area contributed by atoms with E-state index in [1.165, 1.54) is 17.9 Å². The second-order valence-corrected chi connectivity index (χ2v) is 8.42. The fraction of sp³-hybridized carbons (Fsp3) is 0.179. The molecule has 9 nitrogen and oxygen atoms in total. The second-order valence-electron chi connectivity index (χ2n) is 8.42. The number of para-hydroxylation sites is 1. The maximum absolute atomic E-state index is 12.7. The lowest BCUT2D eigenvalue weighted by Crippen LogP contribution is -2.32. The summed E-state index contributed by atoms with van der Waals surface area (Å²) in [5.41, 5.74) is 2.30.